The van der Waals surface area contributed by atoms with E-state index in [1.54, 1.807) is 0 Å². The molecule has 4 nitrogen and oxygen atoms in total. The van der Waals surface area contributed by atoms with Gasteiger partial charge in [-0.1, -0.05) is 26.2 Å². The maximum Gasteiger partial charge on any atom is 0.338 e. The summed E-state index contributed by atoms with van der Waals surface area (Å²) in [5.41, 5.74) is 1.07. The normalized spacial score (nSPS) is 20.9. The Bertz CT molecular complexity index is 613. The van der Waals surface area contributed by atoms with Crippen molar-refractivity contribution in [2.24, 2.45) is 0 Å². The van der Waals surface area contributed by atoms with Crippen molar-refractivity contribution < 1.29 is 18.7 Å². The van der Waals surface area contributed by atoms with Crippen LogP contribution in [0.15, 0.2) is 12.1 Å². The minimum absolute atomic E-state index is 0.181. The van der Waals surface area contributed by atoms with Gasteiger partial charge >= 0.3 is 5.97 Å². The highest BCUT2D eigenvalue weighted by Gasteiger charge is 2.34. The molecule has 1 heterocycles. The summed E-state index contributed by atoms with van der Waals surface area (Å²) in [5.74, 6) is -0.611. The highest BCUT2D eigenvalue weighted by atomic mass is 19.1. The summed E-state index contributed by atoms with van der Waals surface area (Å²) in [6.07, 6.45) is 8.01. The van der Waals surface area contributed by atoms with E-state index in [9.17, 15) is 9.18 Å². The number of hydrogen-bond donors (Lipinski definition) is 0. The Morgan fingerprint density at radius 2 is 2.04 bits per heavy atom. The summed E-state index contributed by atoms with van der Waals surface area (Å²) in [5, 5.41) is 0. The van der Waals surface area contributed by atoms with Gasteiger partial charge in [-0.25, -0.2) is 9.18 Å². The molecule has 0 aromatic heterocycles. The second-order valence-electron chi connectivity index (χ2n) is 7.09. The van der Waals surface area contributed by atoms with Crippen LogP contribution < -0.4 is 4.74 Å². The number of carbonyl (C=O) groups is 1. The van der Waals surface area contributed by atoms with Crippen molar-refractivity contribution >= 4 is 5.97 Å². The molecule has 25 heavy (non-hydrogen) atoms. The quantitative estimate of drug-likeness (QED) is 0.754. The third-order valence-electron chi connectivity index (χ3n) is 5.47. The second kappa shape index (κ2) is 8.17. The standard InChI is InChI=1S/C20H28FNO3/c1-3-11-22(14-7-5-4-6-8-14)15-12-17-16(20(23)24-2)9-10-18(21)19(17)25-13-15/h9-10,14-15H,3-8,11-13H2,1-2H3/t15-/m1/s1. The highest BCUT2D eigenvalue weighted by Crippen LogP contribution is 2.34. The van der Waals surface area contributed by atoms with E-state index in [0.717, 1.165) is 13.0 Å². The minimum Gasteiger partial charge on any atom is -0.489 e. The topological polar surface area (TPSA) is 38.8 Å². The molecule has 0 unspecified atom stereocenters. The molecule has 0 bridgehead atoms. The van der Waals surface area contributed by atoms with E-state index in [1.807, 2.05) is 0 Å². The first kappa shape index (κ1) is 18.2. The first-order valence-electron chi connectivity index (χ1n) is 9.44. The average Bonchev–Trinajstić information content (AvgIpc) is 2.66. The first-order valence-corrected chi connectivity index (χ1v) is 9.44. The molecule has 0 amide bonds. The largest absolute Gasteiger partial charge is 0.489 e. The predicted octanol–water partition coefficient (Wildman–Crippen LogP) is 3.96. The van der Waals surface area contributed by atoms with Crippen molar-refractivity contribution in [3.05, 3.63) is 29.1 Å². The van der Waals surface area contributed by atoms with Gasteiger partial charge in [0.05, 0.1) is 12.7 Å². The Labute approximate surface area is 149 Å². The predicted molar refractivity (Wildman–Crippen MR) is 94.6 cm³/mol. The molecule has 2 aliphatic rings. The maximum atomic E-state index is 14.2. The molecule has 138 valence electrons. The molecule has 1 fully saturated rings. The molecule has 1 aliphatic heterocycles. The summed E-state index contributed by atoms with van der Waals surface area (Å²) in [6, 6.07) is 3.55. The van der Waals surface area contributed by atoms with E-state index >= 15 is 0 Å². The van der Waals surface area contributed by atoms with Crippen LogP contribution in [-0.2, 0) is 11.2 Å². The lowest BCUT2D eigenvalue weighted by molar-refractivity contribution is 0.0554. The number of esters is 1. The first-order chi connectivity index (χ1) is 12.2. The molecule has 1 aromatic rings. The number of fused-ring (bicyclic) bond motifs is 1. The van der Waals surface area contributed by atoms with E-state index in [-0.39, 0.29) is 11.8 Å². The van der Waals surface area contributed by atoms with Crippen LogP contribution in [0.25, 0.3) is 0 Å². The van der Waals surface area contributed by atoms with Crippen molar-refractivity contribution in [2.75, 3.05) is 20.3 Å². The van der Waals surface area contributed by atoms with Crippen LogP contribution in [0.3, 0.4) is 0 Å². The van der Waals surface area contributed by atoms with E-state index < -0.39 is 11.8 Å². The SMILES string of the molecule is CCCN(C1CCCCC1)[C@H]1COc2c(F)ccc(C(=O)OC)c2C1. The number of ether oxygens (including phenoxy) is 2. The van der Waals surface area contributed by atoms with Crippen LogP contribution in [0.4, 0.5) is 4.39 Å². The number of halogens is 1. The summed E-state index contributed by atoms with van der Waals surface area (Å²) in [7, 11) is 1.35. The Morgan fingerprint density at radius 3 is 2.72 bits per heavy atom. The number of rotatable bonds is 5. The Kier molecular flexibility index (Phi) is 5.94. The fourth-order valence-electron chi connectivity index (χ4n) is 4.28. The summed E-state index contributed by atoms with van der Waals surface area (Å²) < 4.78 is 24.8. The zero-order chi connectivity index (χ0) is 17.8. The van der Waals surface area contributed by atoms with Crippen molar-refractivity contribution in [3.63, 3.8) is 0 Å². The number of methoxy groups -OCH3 is 1. The van der Waals surface area contributed by atoms with Crippen molar-refractivity contribution in [2.45, 2.75) is 64.0 Å². The number of hydrogen-bond acceptors (Lipinski definition) is 4. The van der Waals surface area contributed by atoms with Gasteiger partial charge in [0.25, 0.3) is 0 Å². The Morgan fingerprint density at radius 1 is 1.28 bits per heavy atom. The summed E-state index contributed by atoms with van der Waals surface area (Å²) in [6.45, 7) is 3.68. The van der Waals surface area contributed by atoms with Crippen LogP contribution in [-0.4, -0.2) is 43.2 Å². The summed E-state index contributed by atoms with van der Waals surface area (Å²) in [4.78, 5) is 14.6. The molecular formula is C20H28FNO3. The van der Waals surface area contributed by atoms with Gasteiger partial charge in [-0.15, -0.1) is 0 Å². The molecule has 0 spiro atoms. The van der Waals surface area contributed by atoms with Crippen molar-refractivity contribution in [1.82, 2.24) is 4.90 Å². The van der Waals surface area contributed by atoms with Crippen LogP contribution in [0.5, 0.6) is 5.75 Å². The van der Waals surface area contributed by atoms with Crippen molar-refractivity contribution in [3.8, 4) is 5.75 Å². The van der Waals surface area contributed by atoms with Gasteiger partial charge in [0, 0.05) is 17.6 Å². The Balaban J connectivity index is 1.87. The van der Waals surface area contributed by atoms with E-state index in [0.29, 0.717) is 30.2 Å². The lowest BCUT2D eigenvalue weighted by atomic mass is 9.90. The average molecular weight is 349 g/mol. The highest BCUT2D eigenvalue weighted by molar-refractivity contribution is 5.92. The molecule has 0 radical (unpaired) electrons. The smallest absolute Gasteiger partial charge is 0.338 e. The zero-order valence-electron chi connectivity index (χ0n) is 15.2. The fraction of sp³-hybridized carbons (Fsp3) is 0.650. The van der Waals surface area contributed by atoms with Crippen molar-refractivity contribution in [1.29, 1.82) is 0 Å². The summed E-state index contributed by atoms with van der Waals surface area (Å²) >= 11 is 0. The second-order valence-corrected chi connectivity index (χ2v) is 7.09. The van der Waals surface area contributed by atoms with E-state index in [1.165, 1.54) is 51.3 Å². The molecule has 3 rings (SSSR count). The fourth-order valence-corrected chi connectivity index (χ4v) is 4.28. The Hall–Kier alpha value is -1.62. The number of nitrogens with zero attached hydrogens (tertiary/aromatic N) is 1. The zero-order valence-corrected chi connectivity index (χ0v) is 15.2. The lowest BCUT2D eigenvalue weighted by Crippen LogP contribution is -2.50. The van der Waals surface area contributed by atoms with Gasteiger partial charge in [0.15, 0.2) is 11.6 Å². The van der Waals surface area contributed by atoms with Gasteiger partial charge in [-0.3, -0.25) is 4.90 Å². The molecule has 1 aromatic carbocycles. The van der Waals surface area contributed by atoms with E-state index in [4.69, 9.17) is 9.47 Å². The van der Waals surface area contributed by atoms with Crippen LogP contribution in [0.2, 0.25) is 0 Å². The third-order valence-corrected chi connectivity index (χ3v) is 5.47. The third kappa shape index (κ3) is 3.81. The molecule has 1 atom stereocenters. The molecule has 0 N–H and O–H groups in total. The molecule has 0 saturated heterocycles. The minimum atomic E-state index is -0.430. The van der Waals surface area contributed by atoms with Crippen LogP contribution in [0, 0.1) is 5.82 Å². The number of carbonyl (C=O) groups excluding carboxylic acids is 1. The lowest BCUT2D eigenvalue weighted by Gasteiger charge is -2.42. The molecular weight excluding hydrogens is 321 g/mol. The van der Waals surface area contributed by atoms with Gasteiger partial charge in [0.1, 0.15) is 6.61 Å². The van der Waals surface area contributed by atoms with Gasteiger partial charge in [-0.05, 0) is 44.4 Å². The monoisotopic (exact) mass is 349 g/mol. The molecule has 1 aliphatic carbocycles. The van der Waals surface area contributed by atoms with Gasteiger partial charge in [0.2, 0.25) is 0 Å². The molecule has 1 saturated carbocycles. The molecule has 5 heteroatoms. The van der Waals surface area contributed by atoms with Crippen LogP contribution >= 0.6 is 0 Å². The van der Waals surface area contributed by atoms with E-state index in [2.05, 4.69) is 11.8 Å². The van der Waals surface area contributed by atoms with Gasteiger partial charge in [-0.2, -0.15) is 0 Å². The van der Waals surface area contributed by atoms with Crippen LogP contribution in [0.1, 0.15) is 61.4 Å². The van der Waals surface area contributed by atoms with Gasteiger partial charge < -0.3 is 9.47 Å². The number of benzene rings is 1. The maximum absolute atomic E-state index is 14.2.